The third-order valence-electron chi connectivity index (χ3n) is 1.89. The van der Waals surface area contributed by atoms with Crippen molar-refractivity contribution in [2.24, 2.45) is 4.99 Å². The fourth-order valence-corrected chi connectivity index (χ4v) is 2.25. The summed E-state index contributed by atoms with van der Waals surface area (Å²) in [4.78, 5) is 30.4. The minimum atomic E-state index is -0.645. The maximum atomic E-state index is 11.6. The number of esters is 1. The lowest BCUT2D eigenvalue weighted by molar-refractivity contribution is -0.133. The van der Waals surface area contributed by atoms with Crippen LogP contribution in [0.15, 0.2) is 20.1 Å². The maximum Gasteiger partial charge on any atom is 0.332 e. The van der Waals surface area contributed by atoms with E-state index >= 15 is 0 Å². The first-order valence-electron chi connectivity index (χ1n) is 4.53. The van der Waals surface area contributed by atoms with Crippen molar-refractivity contribution in [3.8, 4) is 0 Å². The minimum absolute atomic E-state index is 0.0601. The van der Waals surface area contributed by atoms with Crippen LogP contribution in [0.2, 0.25) is 0 Å². The number of halogens is 2. The molecule has 2 rings (SSSR count). The van der Waals surface area contributed by atoms with Crippen LogP contribution >= 0.6 is 34.5 Å². The Labute approximate surface area is 114 Å². The van der Waals surface area contributed by atoms with E-state index in [0.717, 1.165) is 17.4 Å². The van der Waals surface area contributed by atoms with Gasteiger partial charge in [-0.05, 0) is 0 Å². The fourth-order valence-electron chi connectivity index (χ4n) is 1.11. The molecule has 0 spiro atoms. The van der Waals surface area contributed by atoms with Crippen molar-refractivity contribution in [3.05, 3.63) is 29.9 Å². The second kappa shape index (κ2) is 5.05. The van der Waals surface area contributed by atoms with Crippen LogP contribution in [-0.4, -0.2) is 18.1 Å². The summed E-state index contributed by atoms with van der Waals surface area (Å²) in [6, 6.07) is 0. The molecule has 1 aromatic heterocycles. The minimum Gasteiger partial charge on any atom is -0.466 e. The van der Waals surface area contributed by atoms with E-state index in [1.165, 1.54) is 7.11 Å². The normalized spacial score (nSPS) is 14.7. The Balaban J connectivity index is 2.68. The van der Waals surface area contributed by atoms with E-state index in [-0.39, 0.29) is 20.7 Å². The van der Waals surface area contributed by atoms with Crippen molar-refractivity contribution in [2.45, 2.75) is 0 Å². The van der Waals surface area contributed by atoms with E-state index in [0.29, 0.717) is 4.67 Å². The Bertz CT molecular complexity index is 726. The first-order chi connectivity index (χ1) is 8.51. The quantitative estimate of drug-likeness (QED) is 0.588. The number of nitrogens with zero attached hydrogens (tertiary/aromatic N) is 2. The molecule has 0 unspecified atom stereocenters. The summed E-state index contributed by atoms with van der Waals surface area (Å²) in [6.07, 6.45) is 1.05. The molecule has 0 saturated heterocycles. The second-order valence-corrected chi connectivity index (χ2v) is 4.81. The van der Waals surface area contributed by atoms with Crippen LogP contribution in [-0.2, 0) is 9.53 Å². The molecule has 1 N–H and O–H groups in total. The van der Waals surface area contributed by atoms with Crippen molar-refractivity contribution >= 4 is 52.4 Å². The molecule has 0 saturated carbocycles. The highest BCUT2D eigenvalue weighted by atomic mass is 35.5. The molecule has 6 nitrogen and oxygen atoms in total. The van der Waals surface area contributed by atoms with Gasteiger partial charge in [-0.15, -0.1) is 11.3 Å². The molecular formula is C9H5Cl2N3O3S. The van der Waals surface area contributed by atoms with E-state index in [9.17, 15) is 9.59 Å². The third-order valence-corrected chi connectivity index (χ3v) is 3.53. The number of hydrogen-bond donors (Lipinski definition) is 1. The van der Waals surface area contributed by atoms with E-state index in [1.54, 1.807) is 0 Å². The summed E-state index contributed by atoms with van der Waals surface area (Å²) in [7, 11) is 1.21. The van der Waals surface area contributed by atoms with Crippen LogP contribution in [0.4, 0.5) is 5.82 Å². The van der Waals surface area contributed by atoms with Crippen LogP contribution < -0.4 is 20.1 Å². The van der Waals surface area contributed by atoms with Crippen molar-refractivity contribution in [3.63, 3.8) is 0 Å². The zero-order chi connectivity index (χ0) is 13.3. The second-order valence-electron chi connectivity index (χ2n) is 3.05. The SMILES string of the molecule is COC(=O)C=c1sc2c(nc1=O)NC(Cl)=C(Cl)N=2. The fraction of sp³-hybridized carbons (Fsp3) is 0.111. The molecule has 0 fully saturated rings. The van der Waals surface area contributed by atoms with Gasteiger partial charge in [0.2, 0.25) is 0 Å². The van der Waals surface area contributed by atoms with Gasteiger partial charge in [-0.2, -0.15) is 4.98 Å². The van der Waals surface area contributed by atoms with Crippen molar-refractivity contribution in [2.75, 3.05) is 12.4 Å². The molecule has 1 aliphatic heterocycles. The average Bonchev–Trinajstić information content (AvgIpc) is 2.32. The average molecular weight is 306 g/mol. The molecule has 0 atom stereocenters. The van der Waals surface area contributed by atoms with Gasteiger partial charge in [-0.3, -0.25) is 4.79 Å². The van der Waals surface area contributed by atoms with Gasteiger partial charge in [0, 0.05) is 6.08 Å². The van der Waals surface area contributed by atoms with Crippen LogP contribution in [0.1, 0.15) is 0 Å². The van der Waals surface area contributed by atoms with Crippen molar-refractivity contribution < 1.29 is 9.53 Å². The first-order valence-corrected chi connectivity index (χ1v) is 6.10. The zero-order valence-corrected chi connectivity index (χ0v) is 11.2. The van der Waals surface area contributed by atoms with Gasteiger partial charge >= 0.3 is 5.97 Å². The molecule has 0 radical (unpaired) electrons. The number of rotatable bonds is 1. The van der Waals surface area contributed by atoms with Gasteiger partial charge in [0.25, 0.3) is 5.56 Å². The lowest BCUT2D eigenvalue weighted by Gasteiger charge is -2.08. The van der Waals surface area contributed by atoms with E-state index in [1.807, 2.05) is 0 Å². The Hall–Kier alpha value is -1.44. The van der Waals surface area contributed by atoms with Crippen LogP contribution in [0, 0.1) is 0 Å². The summed E-state index contributed by atoms with van der Waals surface area (Å²) < 4.78 is 4.90. The molecule has 0 bridgehead atoms. The molecule has 0 aromatic carbocycles. The van der Waals surface area contributed by atoms with Gasteiger partial charge in [-0.1, -0.05) is 23.2 Å². The highest BCUT2D eigenvalue weighted by Crippen LogP contribution is 2.18. The maximum absolute atomic E-state index is 11.6. The number of fused-ring (bicyclic) bond motifs is 1. The number of anilines is 1. The third kappa shape index (κ3) is 2.53. The van der Waals surface area contributed by atoms with Crippen LogP contribution in [0.3, 0.4) is 0 Å². The van der Waals surface area contributed by atoms with Gasteiger partial charge in [0.1, 0.15) is 9.69 Å². The first kappa shape index (κ1) is 13.0. The molecule has 1 aromatic rings. The van der Waals surface area contributed by atoms with Crippen LogP contribution in [0.25, 0.3) is 6.08 Å². The number of methoxy groups -OCH3 is 1. The Morgan fingerprint density at radius 2 is 2.22 bits per heavy atom. The summed E-state index contributed by atoms with van der Waals surface area (Å²) in [5.74, 6) is -0.435. The number of ether oxygens (including phenoxy) is 1. The Morgan fingerprint density at radius 1 is 1.50 bits per heavy atom. The topological polar surface area (TPSA) is 80.6 Å². The smallest absolute Gasteiger partial charge is 0.332 e. The van der Waals surface area contributed by atoms with Gasteiger partial charge in [-0.25, -0.2) is 9.79 Å². The van der Waals surface area contributed by atoms with Gasteiger partial charge < -0.3 is 10.1 Å². The van der Waals surface area contributed by atoms with Crippen molar-refractivity contribution in [1.82, 2.24) is 4.98 Å². The molecule has 94 valence electrons. The molecular weight excluding hydrogens is 301 g/mol. The Morgan fingerprint density at radius 3 is 2.89 bits per heavy atom. The molecule has 18 heavy (non-hydrogen) atoms. The van der Waals surface area contributed by atoms with E-state index in [4.69, 9.17) is 23.2 Å². The largest absolute Gasteiger partial charge is 0.466 e. The number of aromatic nitrogens is 1. The Kier molecular flexibility index (Phi) is 3.65. The number of nitrogens with one attached hydrogen (secondary N) is 1. The molecule has 0 aliphatic carbocycles. The molecule has 2 heterocycles. The monoisotopic (exact) mass is 305 g/mol. The highest BCUT2D eigenvalue weighted by Gasteiger charge is 2.13. The predicted molar refractivity (Wildman–Crippen MR) is 68.0 cm³/mol. The van der Waals surface area contributed by atoms with Crippen LogP contribution in [0.5, 0.6) is 0 Å². The predicted octanol–water partition coefficient (Wildman–Crippen LogP) is 0.106. The van der Waals surface area contributed by atoms with E-state index < -0.39 is 11.5 Å². The number of carbonyl (C=O) groups is 1. The zero-order valence-electron chi connectivity index (χ0n) is 8.86. The molecule has 1 aliphatic rings. The summed E-state index contributed by atoms with van der Waals surface area (Å²) >= 11 is 12.4. The standard InChI is InChI=1S/C9H5Cl2N3O3S/c1-17-4(15)2-3-8(16)14-7-9(18-3)13-6(11)5(10)12-7/h2H,1H3,(H,12,14,16). The summed E-state index contributed by atoms with van der Waals surface area (Å²) in [5, 5.41) is 2.78. The number of carbonyl (C=O) groups excluding carboxylic acids is 1. The molecule has 0 amide bonds. The van der Waals surface area contributed by atoms with Gasteiger partial charge in [0.15, 0.2) is 15.6 Å². The lowest BCUT2D eigenvalue weighted by atomic mass is 10.5. The number of hydrogen-bond acceptors (Lipinski definition) is 7. The van der Waals surface area contributed by atoms with Crippen molar-refractivity contribution in [1.29, 1.82) is 0 Å². The van der Waals surface area contributed by atoms with E-state index in [2.05, 4.69) is 20.0 Å². The highest BCUT2D eigenvalue weighted by molar-refractivity contribution is 7.07. The lowest BCUT2D eigenvalue weighted by Crippen LogP contribution is -2.32. The summed E-state index contributed by atoms with van der Waals surface area (Å²) in [5.41, 5.74) is -0.575. The molecule has 9 heteroatoms. The van der Waals surface area contributed by atoms with Gasteiger partial charge in [0.05, 0.1) is 7.11 Å². The summed E-state index contributed by atoms with van der Waals surface area (Å²) in [6.45, 7) is 0.